The third-order valence-corrected chi connectivity index (χ3v) is 4.14. The standard InChI is InChI=1S/2C11H22N2O3.Ca/c2*1-2-3-4-10(14)9-13-8-7-12-6-5-11(15)16;/h2*2,10,12-14H,1,3-9H2,(H,15,16);/q;;+2/p-2. The molecule has 2 atom stereocenters. The van der Waals surface area contributed by atoms with Crippen molar-refractivity contribution in [2.24, 2.45) is 0 Å². The predicted octanol–water partition coefficient (Wildman–Crippen LogP) is -3.12. The first-order chi connectivity index (χ1) is 15.3. The molecule has 0 bridgehead atoms. The minimum atomic E-state index is -1.04. The van der Waals surface area contributed by atoms with Gasteiger partial charge in [-0.05, 0) is 38.5 Å². The molecule has 11 heteroatoms. The summed E-state index contributed by atoms with van der Waals surface area (Å²) in [6.07, 6.45) is 5.99. The van der Waals surface area contributed by atoms with Crippen LogP contribution in [0.3, 0.4) is 0 Å². The predicted molar refractivity (Wildman–Crippen MR) is 127 cm³/mol. The van der Waals surface area contributed by atoms with Crippen molar-refractivity contribution in [2.75, 3.05) is 52.4 Å². The molecule has 0 amide bonds. The van der Waals surface area contributed by atoms with Gasteiger partial charge in [0.05, 0.1) is 12.2 Å². The Bertz CT molecular complexity index is 444. The maximum absolute atomic E-state index is 10.1. The van der Waals surface area contributed by atoms with E-state index in [1.165, 1.54) is 0 Å². The van der Waals surface area contributed by atoms with Gasteiger partial charge >= 0.3 is 37.7 Å². The fourth-order valence-corrected chi connectivity index (χ4v) is 2.35. The van der Waals surface area contributed by atoms with Crippen LogP contribution >= 0.6 is 0 Å². The average molecular weight is 499 g/mol. The third-order valence-electron chi connectivity index (χ3n) is 4.14. The third kappa shape index (κ3) is 36.2. The van der Waals surface area contributed by atoms with E-state index in [0.29, 0.717) is 65.2 Å². The van der Waals surface area contributed by atoms with Gasteiger partial charge in [0.25, 0.3) is 0 Å². The minimum Gasteiger partial charge on any atom is -0.550 e. The Hall–Kier alpha value is -0.560. The zero-order valence-electron chi connectivity index (χ0n) is 19.9. The van der Waals surface area contributed by atoms with Crippen LogP contribution in [0, 0.1) is 0 Å². The van der Waals surface area contributed by atoms with Crippen molar-refractivity contribution in [1.29, 1.82) is 0 Å². The molecule has 0 aromatic heterocycles. The Morgan fingerprint density at radius 1 is 0.697 bits per heavy atom. The molecule has 2 unspecified atom stereocenters. The number of hydrogen-bond donors (Lipinski definition) is 6. The fraction of sp³-hybridized carbons (Fsp3) is 0.727. The first kappa shape index (κ1) is 37.0. The van der Waals surface area contributed by atoms with E-state index in [1.807, 2.05) is 0 Å². The van der Waals surface area contributed by atoms with Gasteiger partial charge in [-0.15, -0.1) is 13.2 Å². The number of carboxylic acids is 2. The van der Waals surface area contributed by atoms with E-state index in [-0.39, 0.29) is 62.8 Å². The topological polar surface area (TPSA) is 169 Å². The molecule has 0 aliphatic carbocycles. The van der Waals surface area contributed by atoms with E-state index >= 15 is 0 Å². The molecule has 0 heterocycles. The van der Waals surface area contributed by atoms with Crippen molar-refractivity contribution < 1.29 is 30.0 Å². The molecule has 0 aromatic carbocycles. The molecule has 10 nitrogen and oxygen atoms in total. The number of carboxylic acid groups (broad SMARTS) is 2. The van der Waals surface area contributed by atoms with Crippen molar-refractivity contribution in [3.63, 3.8) is 0 Å². The number of carbonyl (C=O) groups is 2. The molecule has 0 aliphatic rings. The quantitative estimate of drug-likeness (QED) is 0.0510. The van der Waals surface area contributed by atoms with Crippen molar-refractivity contribution >= 4 is 49.7 Å². The van der Waals surface area contributed by atoms with Crippen LogP contribution in [0.25, 0.3) is 0 Å². The summed E-state index contributed by atoms with van der Waals surface area (Å²) in [6.45, 7) is 11.9. The zero-order chi connectivity index (χ0) is 24.5. The summed E-state index contributed by atoms with van der Waals surface area (Å²) in [5.74, 6) is -2.08. The van der Waals surface area contributed by atoms with E-state index in [1.54, 1.807) is 12.2 Å². The van der Waals surface area contributed by atoms with Crippen LogP contribution in [0.5, 0.6) is 0 Å². The van der Waals surface area contributed by atoms with Crippen molar-refractivity contribution in [1.82, 2.24) is 21.3 Å². The van der Waals surface area contributed by atoms with Gasteiger partial charge in [0, 0.05) is 64.3 Å². The number of hydrogen-bond acceptors (Lipinski definition) is 10. The fourth-order valence-electron chi connectivity index (χ4n) is 2.35. The second kappa shape index (κ2) is 29.5. The molecular formula is C22H42CaN4O6. The molecule has 0 spiro atoms. The van der Waals surface area contributed by atoms with E-state index in [4.69, 9.17) is 0 Å². The van der Waals surface area contributed by atoms with Gasteiger partial charge < -0.3 is 51.3 Å². The number of aliphatic carboxylic acids is 2. The summed E-state index contributed by atoms with van der Waals surface area (Å²) < 4.78 is 0. The Morgan fingerprint density at radius 2 is 1.03 bits per heavy atom. The monoisotopic (exact) mass is 498 g/mol. The number of aliphatic hydroxyl groups excluding tert-OH is 2. The molecule has 33 heavy (non-hydrogen) atoms. The van der Waals surface area contributed by atoms with Crippen molar-refractivity contribution in [3.8, 4) is 0 Å². The summed E-state index contributed by atoms with van der Waals surface area (Å²) in [4.78, 5) is 20.1. The average Bonchev–Trinajstić information content (AvgIpc) is 2.74. The second-order valence-electron chi connectivity index (χ2n) is 7.19. The smallest absolute Gasteiger partial charge is 0.550 e. The van der Waals surface area contributed by atoms with Gasteiger partial charge in [-0.3, -0.25) is 0 Å². The Kier molecular flexibility index (Phi) is 33.0. The zero-order valence-corrected chi connectivity index (χ0v) is 22.1. The van der Waals surface area contributed by atoms with Crippen LogP contribution in [-0.2, 0) is 9.59 Å². The molecule has 0 rings (SSSR count). The largest absolute Gasteiger partial charge is 2.00 e. The summed E-state index contributed by atoms with van der Waals surface area (Å²) in [7, 11) is 0. The summed E-state index contributed by atoms with van der Waals surface area (Å²) in [5, 5.41) is 51.1. The molecule has 0 radical (unpaired) electrons. The van der Waals surface area contributed by atoms with Gasteiger partial charge in [0.1, 0.15) is 0 Å². The Labute approximate surface area is 228 Å². The molecule has 0 aromatic rings. The number of allylic oxidation sites excluding steroid dienone is 2. The summed E-state index contributed by atoms with van der Waals surface area (Å²) >= 11 is 0. The van der Waals surface area contributed by atoms with Crippen LogP contribution in [0.15, 0.2) is 25.3 Å². The molecule has 0 saturated heterocycles. The SMILES string of the molecule is C=CCCC(O)CNCCNCCC(=O)[O-].C=CCCC(O)CNCCNCCC(=O)[O-].[Ca+2]. The van der Waals surface area contributed by atoms with Gasteiger partial charge in [-0.1, -0.05) is 12.2 Å². The maximum atomic E-state index is 10.1. The molecule has 0 fully saturated rings. The van der Waals surface area contributed by atoms with E-state index in [9.17, 15) is 30.0 Å². The van der Waals surface area contributed by atoms with E-state index in [0.717, 1.165) is 12.8 Å². The van der Waals surface area contributed by atoms with Crippen LogP contribution in [0.4, 0.5) is 0 Å². The normalized spacial score (nSPS) is 11.9. The van der Waals surface area contributed by atoms with Crippen molar-refractivity contribution in [3.05, 3.63) is 25.3 Å². The first-order valence-electron chi connectivity index (χ1n) is 11.1. The van der Waals surface area contributed by atoms with Gasteiger partial charge in [0.2, 0.25) is 0 Å². The van der Waals surface area contributed by atoms with Crippen LogP contribution < -0.4 is 31.5 Å². The minimum absolute atomic E-state index is 0. The number of carbonyl (C=O) groups excluding carboxylic acids is 2. The number of aliphatic hydroxyl groups is 2. The summed E-state index contributed by atoms with van der Waals surface area (Å²) in [5.41, 5.74) is 0. The van der Waals surface area contributed by atoms with Crippen LogP contribution in [0.1, 0.15) is 38.5 Å². The Morgan fingerprint density at radius 3 is 1.33 bits per heavy atom. The van der Waals surface area contributed by atoms with Crippen LogP contribution in [0.2, 0.25) is 0 Å². The van der Waals surface area contributed by atoms with E-state index < -0.39 is 11.9 Å². The molecule has 0 aliphatic heterocycles. The van der Waals surface area contributed by atoms with Gasteiger partial charge in [-0.25, -0.2) is 0 Å². The molecule has 0 saturated carbocycles. The Balaban J connectivity index is -0.000000529. The van der Waals surface area contributed by atoms with Gasteiger partial charge in [0.15, 0.2) is 0 Å². The van der Waals surface area contributed by atoms with Crippen LogP contribution in [-0.4, -0.2) is 124 Å². The number of rotatable bonds is 22. The molecular weight excluding hydrogens is 456 g/mol. The summed E-state index contributed by atoms with van der Waals surface area (Å²) in [6, 6.07) is 0. The molecule has 6 N–H and O–H groups in total. The first-order valence-corrected chi connectivity index (χ1v) is 11.1. The van der Waals surface area contributed by atoms with Gasteiger partial charge in [-0.2, -0.15) is 0 Å². The second-order valence-corrected chi connectivity index (χ2v) is 7.19. The molecule has 188 valence electrons. The van der Waals surface area contributed by atoms with E-state index in [2.05, 4.69) is 34.4 Å². The van der Waals surface area contributed by atoms with Crippen molar-refractivity contribution in [2.45, 2.75) is 50.7 Å². The maximum Gasteiger partial charge on any atom is 2.00 e. The number of nitrogens with one attached hydrogen (secondary N) is 4.